The molecule has 1 heterocycles. The van der Waals surface area contributed by atoms with Gasteiger partial charge in [0.1, 0.15) is 5.82 Å². The van der Waals surface area contributed by atoms with Gasteiger partial charge in [0.15, 0.2) is 0 Å². The van der Waals surface area contributed by atoms with Gasteiger partial charge < -0.3 is 10.7 Å². The van der Waals surface area contributed by atoms with Crippen LogP contribution in [-0.4, -0.2) is 9.97 Å². The first-order valence-electron chi connectivity index (χ1n) is 6.51. The third-order valence-electron chi connectivity index (χ3n) is 3.13. The molecule has 17 heavy (non-hydrogen) atoms. The molecule has 2 aromatic rings. The molecule has 1 aromatic carbocycles. The van der Waals surface area contributed by atoms with Gasteiger partial charge in [0.2, 0.25) is 0 Å². The Morgan fingerprint density at radius 2 is 2.12 bits per heavy atom. The van der Waals surface area contributed by atoms with Crippen molar-refractivity contribution in [2.45, 2.75) is 45.6 Å². The van der Waals surface area contributed by atoms with Gasteiger partial charge in [-0.15, -0.1) is 0 Å². The molecule has 1 aromatic heterocycles. The first-order chi connectivity index (χ1) is 8.35. The van der Waals surface area contributed by atoms with Crippen molar-refractivity contribution in [3.8, 4) is 0 Å². The molecule has 92 valence electrons. The van der Waals surface area contributed by atoms with Crippen LogP contribution in [0.4, 0.5) is 0 Å². The van der Waals surface area contributed by atoms with Crippen LogP contribution in [0.1, 0.15) is 44.0 Å². The van der Waals surface area contributed by atoms with Gasteiger partial charge in [0.05, 0.1) is 11.0 Å². The maximum atomic E-state index is 5.71. The molecule has 2 rings (SSSR count). The molecule has 3 N–H and O–H groups in total. The van der Waals surface area contributed by atoms with E-state index >= 15 is 0 Å². The van der Waals surface area contributed by atoms with Gasteiger partial charge in [0, 0.05) is 13.0 Å². The molecule has 0 saturated carbocycles. The van der Waals surface area contributed by atoms with Crippen molar-refractivity contribution in [3.05, 3.63) is 29.6 Å². The zero-order valence-corrected chi connectivity index (χ0v) is 10.5. The number of imidazole rings is 1. The van der Waals surface area contributed by atoms with E-state index in [1.54, 1.807) is 0 Å². The molecule has 0 atom stereocenters. The zero-order chi connectivity index (χ0) is 12.1. The molecular formula is C14H21N3. The quantitative estimate of drug-likeness (QED) is 0.750. The second kappa shape index (κ2) is 5.82. The minimum atomic E-state index is 0.553. The molecule has 0 spiro atoms. The molecule has 0 amide bonds. The third-order valence-corrected chi connectivity index (χ3v) is 3.13. The number of hydrogen-bond acceptors (Lipinski definition) is 2. The molecule has 0 bridgehead atoms. The number of aromatic amines is 1. The van der Waals surface area contributed by atoms with E-state index in [1.807, 2.05) is 12.1 Å². The SMILES string of the molecule is CCCCCCc1nc2c(CN)cccc2[nH]1. The molecule has 0 aliphatic rings. The monoisotopic (exact) mass is 231 g/mol. The summed E-state index contributed by atoms with van der Waals surface area (Å²) in [5, 5.41) is 0. The average molecular weight is 231 g/mol. The van der Waals surface area contributed by atoms with Gasteiger partial charge in [0.25, 0.3) is 0 Å². The summed E-state index contributed by atoms with van der Waals surface area (Å²) in [5.41, 5.74) is 8.99. The smallest absolute Gasteiger partial charge is 0.107 e. The number of benzene rings is 1. The van der Waals surface area contributed by atoms with Crippen LogP contribution in [-0.2, 0) is 13.0 Å². The summed E-state index contributed by atoms with van der Waals surface area (Å²) in [7, 11) is 0. The fourth-order valence-electron chi connectivity index (χ4n) is 2.14. The van der Waals surface area contributed by atoms with E-state index in [9.17, 15) is 0 Å². The molecular weight excluding hydrogens is 210 g/mol. The predicted octanol–water partition coefficient (Wildman–Crippen LogP) is 3.14. The highest BCUT2D eigenvalue weighted by atomic mass is 14.9. The second-order valence-electron chi connectivity index (χ2n) is 4.51. The second-order valence-corrected chi connectivity index (χ2v) is 4.51. The van der Waals surface area contributed by atoms with Crippen LogP contribution in [0.2, 0.25) is 0 Å². The van der Waals surface area contributed by atoms with E-state index in [0.29, 0.717) is 6.54 Å². The number of aromatic nitrogens is 2. The molecule has 0 aliphatic carbocycles. The maximum absolute atomic E-state index is 5.71. The Hall–Kier alpha value is -1.35. The molecule has 3 nitrogen and oxygen atoms in total. The van der Waals surface area contributed by atoms with Crippen LogP contribution >= 0.6 is 0 Å². The summed E-state index contributed by atoms with van der Waals surface area (Å²) >= 11 is 0. The number of nitrogens with one attached hydrogen (secondary N) is 1. The van der Waals surface area contributed by atoms with Crippen molar-refractivity contribution >= 4 is 11.0 Å². The summed E-state index contributed by atoms with van der Waals surface area (Å²) in [5.74, 6) is 1.09. The van der Waals surface area contributed by atoms with Gasteiger partial charge >= 0.3 is 0 Å². The number of hydrogen-bond donors (Lipinski definition) is 2. The highest BCUT2D eigenvalue weighted by Crippen LogP contribution is 2.17. The molecule has 0 radical (unpaired) electrons. The van der Waals surface area contributed by atoms with E-state index in [-0.39, 0.29) is 0 Å². The van der Waals surface area contributed by atoms with Gasteiger partial charge in [-0.25, -0.2) is 4.98 Å². The highest BCUT2D eigenvalue weighted by Gasteiger charge is 2.05. The number of nitrogens with two attached hydrogens (primary N) is 1. The molecule has 0 aliphatic heterocycles. The molecule has 3 heteroatoms. The fourth-order valence-corrected chi connectivity index (χ4v) is 2.14. The van der Waals surface area contributed by atoms with Crippen molar-refractivity contribution in [3.63, 3.8) is 0 Å². The van der Waals surface area contributed by atoms with E-state index < -0.39 is 0 Å². The maximum Gasteiger partial charge on any atom is 0.107 e. The number of H-pyrrole nitrogens is 1. The Kier molecular flexibility index (Phi) is 4.15. The first kappa shape index (κ1) is 12.1. The Bertz CT molecular complexity index is 473. The summed E-state index contributed by atoms with van der Waals surface area (Å²) < 4.78 is 0. The average Bonchev–Trinajstić information content (AvgIpc) is 2.77. The zero-order valence-electron chi connectivity index (χ0n) is 10.5. The van der Waals surface area contributed by atoms with Crippen LogP contribution in [0.15, 0.2) is 18.2 Å². The van der Waals surface area contributed by atoms with E-state index in [0.717, 1.165) is 28.8 Å². The number of nitrogens with zero attached hydrogens (tertiary/aromatic N) is 1. The number of para-hydroxylation sites is 1. The predicted molar refractivity (Wildman–Crippen MR) is 71.8 cm³/mol. The van der Waals surface area contributed by atoms with Crippen molar-refractivity contribution in [1.82, 2.24) is 9.97 Å². The van der Waals surface area contributed by atoms with Crippen LogP contribution in [0, 0.1) is 0 Å². The van der Waals surface area contributed by atoms with Crippen LogP contribution < -0.4 is 5.73 Å². The summed E-state index contributed by atoms with van der Waals surface area (Å²) in [6.45, 7) is 2.78. The Morgan fingerprint density at radius 3 is 2.88 bits per heavy atom. The number of rotatable bonds is 6. The highest BCUT2D eigenvalue weighted by molar-refractivity contribution is 5.78. The van der Waals surface area contributed by atoms with Gasteiger partial charge in [-0.1, -0.05) is 38.3 Å². The lowest BCUT2D eigenvalue weighted by Gasteiger charge is -1.96. The minimum absolute atomic E-state index is 0.553. The lowest BCUT2D eigenvalue weighted by Crippen LogP contribution is -1.96. The van der Waals surface area contributed by atoms with Crippen LogP contribution in [0.3, 0.4) is 0 Å². The Labute approximate surface area is 102 Å². The Balaban J connectivity index is 2.09. The van der Waals surface area contributed by atoms with Crippen molar-refractivity contribution in [2.75, 3.05) is 0 Å². The van der Waals surface area contributed by atoms with Crippen LogP contribution in [0.25, 0.3) is 11.0 Å². The molecule has 0 unspecified atom stereocenters. The summed E-state index contributed by atoms with van der Waals surface area (Å²) in [6, 6.07) is 6.14. The lowest BCUT2D eigenvalue weighted by molar-refractivity contribution is 0.656. The largest absolute Gasteiger partial charge is 0.342 e. The van der Waals surface area contributed by atoms with Gasteiger partial charge in [-0.05, 0) is 18.1 Å². The van der Waals surface area contributed by atoms with Crippen molar-refractivity contribution in [2.24, 2.45) is 5.73 Å². The van der Waals surface area contributed by atoms with Crippen molar-refractivity contribution in [1.29, 1.82) is 0 Å². The van der Waals surface area contributed by atoms with E-state index in [4.69, 9.17) is 5.73 Å². The third kappa shape index (κ3) is 2.86. The fraction of sp³-hybridized carbons (Fsp3) is 0.500. The Morgan fingerprint density at radius 1 is 1.24 bits per heavy atom. The van der Waals surface area contributed by atoms with Crippen LogP contribution in [0.5, 0.6) is 0 Å². The molecule has 0 saturated heterocycles. The number of unbranched alkanes of at least 4 members (excludes halogenated alkanes) is 3. The van der Waals surface area contributed by atoms with Crippen molar-refractivity contribution < 1.29 is 0 Å². The number of aryl methyl sites for hydroxylation is 1. The lowest BCUT2D eigenvalue weighted by atomic mass is 10.1. The topological polar surface area (TPSA) is 54.7 Å². The van der Waals surface area contributed by atoms with E-state index in [2.05, 4.69) is 23.0 Å². The standard InChI is InChI=1S/C14H21N3/c1-2-3-4-5-9-13-16-12-8-6-7-11(10-15)14(12)17-13/h6-8H,2-5,9-10,15H2,1H3,(H,16,17). The normalized spacial score (nSPS) is 11.2. The first-order valence-corrected chi connectivity index (χ1v) is 6.51. The minimum Gasteiger partial charge on any atom is -0.342 e. The molecule has 0 fully saturated rings. The van der Waals surface area contributed by atoms with E-state index in [1.165, 1.54) is 25.7 Å². The number of fused-ring (bicyclic) bond motifs is 1. The summed E-state index contributed by atoms with van der Waals surface area (Å²) in [4.78, 5) is 8.03. The van der Waals surface area contributed by atoms with Gasteiger partial charge in [-0.2, -0.15) is 0 Å². The van der Waals surface area contributed by atoms with Gasteiger partial charge in [-0.3, -0.25) is 0 Å². The summed E-state index contributed by atoms with van der Waals surface area (Å²) in [6.07, 6.45) is 6.13.